The molecule has 0 spiro atoms. The number of nitrogens with two attached hydrogens (primary N) is 1. The molecule has 5 N–H and O–H groups in total. The summed E-state index contributed by atoms with van der Waals surface area (Å²) in [5, 5.41) is 27.9. The predicted molar refractivity (Wildman–Crippen MR) is 42.9 cm³/mol. The van der Waals surface area contributed by atoms with E-state index in [-0.39, 0.29) is 0 Å². The lowest BCUT2D eigenvalue weighted by atomic mass is 9.98. The van der Waals surface area contributed by atoms with Gasteiger partial charge in [-0.05, 0) is 0 Å². The normalized spacial score (nSPS) is 43.6. The molecule has 0 bridgehead atoms. The Bertz CT molecular complexity index is 222. The molecule has 0 aromatic rings. The molecule has 1 aliphatic heterocycles. The fourth-order valence-electron chi connectivity index (χ4n) is 1.36. The summed E-state index contributed by atoms with van der Waals surface area (Å²) in [5.74, 6) is -0.925. The van der Waals surface area contributed by atoms with Gasteiger partial charge in [0.2, 0.25) is 5.91 Å². The average Bonchev–Trinajstić information content (AvgIpc) is 2.12. The highest BCUT2D eigenvalue weighted by molar-refractivity contribution is 5.79. The van der Waals surface area contributed by atoms with Gasteiger partial charge < -0.3 is 30.5 Å². The summed E-state index contributed by atoms with van der Waals surface area (Å²) in [6, 6.07) is 0. The van der Waals surface area contributed by atoms with E-state index in [1.807, 2.05) is 0 Å². The van der Waals surface area contributed by atoms with Crippen LogP contribution in [0.2, 0.25) is 0 Å². The summed E-state index contributed by atoms with van der Waals surface area (Å²) < 4.78 is 9.32. The zero-order chi connectivity index (χ0) is 10.9. The van der Waals surface area contributed by atoms with Crippen molar-refractivity contribution < 1.29 is 29.6 Å². The number of amides is 1. The van der Waals surface area contributed by atoms with Crippen molar-refractivity contribution >= 4 is 5.91 Å². The zero-order valence-electron chi connectivity index (χ0n) is 7.53. The molecule has 1 amide bonds. The molecule has 14 heavy (non-hydrogen) atoms. The molecule has 0 aromatic carbocycles. The van der Waals surface area contributed by atoms with E-state index in [4.69, 9.17) is 15.6 Å². The van der Waals surface area contributed by atoms with Crippen LogP contribution < -0.4 is 5.73 Å². The lowest BCUT2D eigenvalue weighted by Gasteiger charge is -2.38. The van der Waals surface area contributed by atoms with Crippen molar-refractivity contribution in [1.82, 2.24) is 0 Å². The number of methoxy groups -OCH3 is 1. The van der Waals surface area contributed by atoms with Crippen LogP contribution in [-0.2, 0) is 14.3 Å². The summed E-state index contributed by atoms with van der Waals surface area (Å²) in [7, 11) is 1.23. The second kappa shape index (κ2) is 4.20. The predicted octanol–water partition coefficient (Wildman–Crippen LogP) is -3.07. The van der Waals surface area contributed by atoms with Gasteiger partial charge in [0.15, 0.2) is 12.4 Å². The van der Waals surface area contributed by atoms with Crippen molar-refractivity contribution in [2.24, 2.45) is 5.73 Å². The maximum absolute atomic E-state index is 10.8. The smallest absolute Gasteiger partial charge is 0.249 e. The van der Waals surface area contributed by atoms with Crippen LogP contribution in [0.4, 0.5) is 0 Å². The number of primary amides is 1. The van der Waals surface area contributed by atoms with Gasteiger partial charge in [-0.1, -0.05) is 0 Å². The van der Waals surface area contributed by atoms with Gasteiger partial charge in [0.1, 0.15) is 18.3 Å². The maximum atomic E-state index is 10.8. The fourth-order valence-corrected chi connectivity index (χ4v) is 1.36. The third-order valence-corrected chi connectivity index (χ3v) is 2.11. The fraction of sp³-hybridized carbons (Fsp3) is 0.857. The molecular formula is C7H13NO6. The van der Waals surface area contributed by atoms with E-state index in [0.717, 1.165) is 0 Å². The topological polar surface area (TPSA) is 122 Å². The number of hydrogen-bond donors (Lipinski definition) is 4. The standard InChI is InChI=1S/C7H13NO6/c1-13-4-2(9)5(6(8)11)14-7(12)3(4)10/h2-5,7,9-10,12H,1H3,(H2,8,11)/t2-,3+,4-,5-,7-/m0/s1. The lowest BCUT2D eigenvalue weighted by Crippen LogP contribution is -2.61. The molecule has 7 nitrogen and oxygen atoms in total. The van der Waals surface area contributed by atoms with Gasteiger partial charge in [0.25, 0.3) is 0 Å². The Hall–Kier alpha value is -0.730. The van der Waals surface area contributed by atoms with E-state index in [9.17, 15) is 15.0 Å². The molecule has 1 heterocycles. The Kier molecular flexibility index (Phi) is 3.40. The number of aliphatic hydroxyl groups is 3. The molecule has 1 rings (SSSR count). The molecule has 0 aromatic heterocycles. The molecule has 7 heteroatoms. The molecule has 1 fully saturated rings. The number of carbonyl (C=O) groups is 1. The van der Waals surface area contributed by atoms with Crippen LogP contribution in [-0.4, -0.2) is 59.0 Å². The minimum atomic E-state index is -1.60. The Labute approximate surface area is 80.0 Å². The highest BCUT2D eigenvalue weighted by Gasteiger charge is 2.46. The summed E-state index contributed by atoms with van der Waals surface area (Å²) in [5.41, 5.74) is 4.91. The third-order valence-electron chi connectivity index (χ3n) is 2.11. The zero-order valence-corrected chi connectivity index (χ0v) is 7.53. The number of carbonyl (C=O) groups excluding carboxylic acids is 1. The monoisotopic (exact) mass is 207 g/mol. The minimum absolute atomic E-state index is 0.925. The van der Waals surface area contributed by atoms with Gasteiger partial charge in [-0.3, -0.25) is 4.79 Å². The van der Waals surface area contributed by atoms with Crippen LogP contribution in [0.1, 0.15) is 0 Å². The first-order valence-corrected chi connectivity index (χ1v) is 4.00. The summed E-state index contributed by atoms with van der Waals surface area (Å²) in [6.45, 7) is 0. The Balaban J connectivity index is 2.80. The molecule has 5 atom stereocenters. The van der Waals surface area contributed by atoms with E-state index in [1.54, 1.807) is 0 Å². The third kappa shape index (κ3) is 1.86. The molecule has 0 saturated carbocycles. The molecule has 0 unspecified atom stereocenters. The number of rotatable bonds is 2. The van der Waals surface area contributed by atoms with Crippen LogP contribution in [0.5, 0.6) is 0 Å². The summed E-state index contributed by atoms with van der Waals surface area (Å²) in [4.78, 5) is 10.8. The van der Waals surface area contributed by atoms with E-state index >= 15 is 0 Å². The molecule has 0 radical (unpaired) electrons. The first-order valence-electron chi connectivity index (χ1n) is 4.00. The van der Waals surface area contributed by atoms with Crippen molar-refractivity contribution in [3.05, 3.63) is 0 Å². The first-order chi connectivity index (χ1) is 6.49. The van der Waals surface area contributed by atoms with Crippen LogP contribution in [0.25, 0.3) is 0 Å². The van der Waals surface area contributed by atoms with Gasteiger partial charge in [0.05, 0.1) is 0 Å². The van der Waals surface area contributed by atoms with Crippen LogP contribution in [0.3, 0.4) is 0 Å². The number of ether oxygens (including phenoxy) is 2. The van der Waals surface area contributed by atoms with Gasteiger partial charge in [0, 0.05) is 7.11 Å². The second-order valence-electron chi connectivity index (χ2n) is 3.03. The van der Waals surface area contributed by atoms with E-state index < -0.39 is 36.6 Å². The molecule has 82 valence electrons. The van der Waals surface area contributed by atoms with Gasteiger partial charge in [-0.15, -0.1) is 0 Å². The van der Waals surface area contributed by atoms with Crippen molar-refractivity contribution in [3.63, 3.8) is 0 Å². The van der Waals surface area contributed by atoms with Crippen molar-refractivity contribution in [1.29, 1.82) is 0 Å². The van der Waals surface area contributed by atoms with Crippen molar-refractivity contribution in [3.8, 4) is 0 Å². The first kappa shape index (κ1) is 11.3. The Morgan fingerprint density at radius 3 is 2.36 bits per heavy atom. The SMILES string of the molecule is CO[C@@H]1[C@@H](O)[C@@H](O)O[C@H](C(N)=O)[C@H]1O. The van der Waals surface area contributed by atoms with Crippen LogP contribution in [0, 0.1) is 0 Å². The molecule has 1 aliphatic rings. The Morgan fingerprint density at radius 2 is 1.93 bits per heavy atom. The van der Waals surface area contributed by atoms with Crippen LogP contribution >= 0.6 is 0 Å². The van der Waals surface area contributed by atoms with Crippen LogP contribution in [0.15, 0.2) is 0 Å². The summed E-state index contributed by atoms with van der Waals surface area (Å²) in [6.07, 6.45) is -6.88. The van der Waals surface area contributed by atoms with E-state index in [1.165, 1.54) is 7.11 Å². The van der Waals surface area contributed by atoms with Crippen molar-refractivity contribution in [2.45, 2.75) is 30.7 Å². The van der Waals surface area contributed by atoms with Gasteiger partial charge in [-0.25, -0.2) is 0 Å². The highest BCUT2D eigenvalue weighted by Crippen LogP contribution is 2.21. The lowest BCUT2D eigenvalue weighted by molar-refractivity contribution is -0.279. The Morgan fingerprint density at radius 1 is 1.36 bits per heavy atom. The van der Waals surface area contributed by atoms with E-state index in [0.29, 0.717) is 0 Å². The number of hydrogen-bond acceptors (Lipinski definition) is 6. The number of aliphatic hydroxyl groups excluding tert-OH is 3. The second-order valence-corrected chi connectivity index (χ2v) is 3.03. The highest BCUT2D eigenvalue weighted by atomic mass is 16.6. The summed E-state index contributed by atoms with van der Waals surface area (Å²) >= 11 is 0. The van der Waals surface area contributed by atoms with Gasteiger partial charge >= 0.3 is 0 Å². The molecule has 1 saturated heterocycles. The minimum Gasteiger partial charge on any atom is -0.387 e. The molecule has 0 aliphatic carbocycles. The average molecular weight is 207 g/mol. The quantitative estimate of drug-likeness (QED) is 0.381. The van der Waals surface area contributed by atoms with E-state index in [2.05, 4.69) is 4.74 Å². The maximum Gasteiger partial charge on any atom is 0.249 e. The molecular weight excluding hydrogens is 194 g/mol. The largest absolute Gasteiger partial charge is 0.387 e. The van der Waals surface area contributed by atoms with Gasteiger partial charge in [-0.2, -0.15) is 0 Å². The van der Waals surface area contributed by atoms with Crippen molar-refractivity contribution in [2.75, 3.05) is 7.11 Å².